The number of benzene rings is 1. The number of aromatic nitrogens is 2. The summed E-state index contributed by atoms with van der Waals surface area (Å²) in [6.07, 6.45) is 0.810. The highest BCUT2D eigenvalue weighted by atomic mass is 35.5. The molecule has 8 heteroatoms. The van der Waals surface area contributed by atoms with E-state index in [9.17, 15) is 9.59 Å². The molecule has 2 amide bonds. The van der Waals surface area contributed by atoms with Crippen molar-refractivity contribution < 1.29 is 9.59 Å². The van der Waals surface area contributed by atoms with Gasteiger partial charge in [0.1, 0.15) is 0 Å². The molecule has 1 fully saturated rings. The smallest absolute Gasteiger partial charge is 0.274 e. The lowest BCUT2D eigenvalue weighted by Gasteiger charge is -2.32. The molecule has 1 aliphatic heterocycles. The van der Waals surface area contributed by atoms with E-state index >= 15 is 0 Å². The van der Waals surface area contributed by atoms with Gasteiger partial charge in [0.25, 0.3) is 5.91 Å². The van der Waals surface area contributed by atoms with Crippen LogP contribution in [-0.2, 0) is 11.8 Å². The zero-order valence-electron chi connectivity index (χ0n) is 13.1. The van der Waals surface area contributed by atoms with Crippen LogP contribution in [0.3, 0.4) is 0 Å². The van der Waals surface area contributed by atoms with E-state index in [4.69, 9.17) is 23.2 Å². The highest BCUT2D eigenvalue weighted by molar-refractivity contribution is 6.42. The van der Waals surface area contributed by atoms with Gasteiger partial charge >= 0.3 is 0 Å². The minimum absolute atomic E-state index is 0.137. The number of amides is 2. The van der Waals surface area contributed by atoms with E-state index < -0.39 is 0 Å². The molecule has 1 aromatic carbocycles. The van der Waals surface area contributed by atoms with Crippen molar-refractivity contribution in [2.75, 3.05) is 26.2 Å². The number of aryl methyl sites for hydroxylation is 1. The fraction of sp³-hybridized carbons (Fsp3) is 0.312. The van der Waals surface area contributed by atoms with Gasteiger partial charge in [0, 0.05) is 38.8 Å². The van der Waals surface area contributed by atoms with E-state index in [1.807, 2.05) is 6.07 Å². The summed E-state index contributed by atoms with van der Waals surface area (Å²) in [5.74, 6) is -0.137. The highest BCUT2D eigenvalue weighted by Gasteiger charge is 2.24. The second kappa shape index (κ2) is 6.83. The molecule has 1 saturated heterocycles. The van der Waals surface area contributed by atoms with Gasteiger partial charge in [-0.25, -0.2) is 0 Å². The fourth-order valence-corrected chi connectivity index (χ4v) is 2.99. The number of nitrogens with zero attached hydrogens (tertiary/aromatic N) is 4. The van der Waals surface area contributed by atoms with Crippen LogP contribution in [0.1, 0.15) is 10.5 Å². The van der Waals surface area contributed by atoms with Crippen LogP contribution in [-0.4, -0.2) is 58.1 Å². The third kappa shape index (κ3) is 3.25. The van der Waals surface area contributed by atoms with Crippen molar-refractivity contribution in [3.63, 3.8) is 0 Å². The summed E-state index contributed by atoms with van der Waals surface area (Å²) in [5, 5.41) is 5.25. The monoisotopic (exact) mass is 366 g/mol. The van der Waals surface area contributed by atoms with E-state index in [0.717, 1.165) is 17.7 Å². The standard InChI is InChI=1S/C16H16Cl2N4O2/c1-20-15(11-2-3-12(17)13(18)8-11)9-14(19-20)16(24)22-6-4-21(10-23)5-7-22/h2-3,8-10H,4-7H2,1H3. The van der Waals surface area contributed by atoms with Gasteiger partial charge in [-0.3, -0.25) is 14.3 Å². The summed E-state index contributed by atoms with van der Waals surface area (Å²) in [7, 11) is 1.78. The van der Waals surface area contributed by atoms with Gasteiger partial charge in [0.2, 0.25) is 6.41 Å². The number of piperazine rings is 1. The van der Waals surface area contributed by atoms with E-state index in [1.54, 1.807) is 39.7 Å². The SMILES string of the molecule is Cn1nc(C(=O)N2CCN(C=O)CC2)cc1-c1ccc(Cl)c(Cl)c1. The molecule has 0 aliphatic carbocycles. The predicted octanol–water partition coefficient (Wildman–Crippen LogP) is 2.31. The molecule has 0 radical (unpaired) electrons. The predicted molar refractivity (Wildman–Crippen MR) is 92.2 cm³/mol. The van der Waals surface area contributed by atoms with Crippen LogP contribution < -0.4 is 0 Å². The average Bonchev–Trinajstić information content (AvgIpc) is 2.98. The quantitative estimate of drug-likeness (QED) is 0.783. The van der Waals surface area contributed by atoms with Gasteiger partial charge in [0.05, 0.1) is 15.7 Å². The Bertz CT molecular complexity index is 782. The van der Waals surface area contributed by atoms with Crippen LogP contribution in [0.4, 0.5) is 0 Å². The molecular formula is C16H16Cl2N4O2. The molecular weight excluding hydrogens is 351 g/mol. The Balaban J connectivity index is 1.82. The van der Waals surface area contributed by atoms with Crippen LogP contribution in [0, 0.1) is 0 Å². The lowest BCUT2D eigenvalue weighted by molar-refractivity contribution is -0.119. The molecule has 24 heavy (non-hydrogen) atoms. The number of carbonyl (C=O) groups is 2. The van der Waals surface area contributed by atoms with Crippen molar-refractivity contribution in [3.05, 3.63) is 40.0 Å². The maximum Gasteiger partial charge on any atom is 0.274 e. The second-order valence-corrected chi connectivity index (χ2v) is 6.42. The molecule has 2 heterocycles. The maximum absolute atomic E-state index is 12.6. The summed E-state index contributed by atoms with van der Waals surface area (Å²) in [5.41, 5.74) is 1.99. The molecule has 3 rings (SSSR count). The minimum atomic E-state index is -0.137. The Morgan fingerprint density at radius 3 is 2.46 bits per heavy atom. The van der Waals surface area contributed by atoms with E-state index in [1.165, 1.54) is 0 Å². The molecule has 0 unspecified atom stereocenters. The molecule has 0 saturated carbocycles. The Morgan fingerprint density at radius 2 is 1.83 bits per heavy atom. The molecule has 1 aliphatic rings. The molecule has 0 bridgehead atoms. The molecule has 2 aromatic rings. The fourth-order valence-electron chi connectivity index (χ4n) is 2.69. The lowest BCUT2D eigenvalue weighted by atomic mass is 10.1. The Kier molecular flexibility index (Phi) is 4.78. The van der Waals surface area contributed by atoms with Crippen LogP contribution >= 0.6 is 23.2 Å². The molecule has 0 spiro atoms. The summed E-state index contributed by atoms with van der Waals surface area (Å²) in [4.78, 5) is 26.7. The average molecular weight is 367 g/mol. The molecule has 126 valence electrons. The van der Waals surface area contributed by atoms with Gasteiger partial charge < -0.3 is 9.80 Å². The van der Waals surface area contributed by atoms with Crippen LogP contribution in [0.25, 0.3) is 11.3 Å². The van der Waals surface area contributed by atoms with E-state index in [0.29, 0.717) is 41.9 Å². The maximum atomic E-state index is 12.6. The first-order valence-corrected chi connectivity index (χ1v) is 8.23. The number of carbonyl (C=O) groups excluding carboxylic acids is 2. The van der Waals surface area contributed by atoms with Crippen molar-refractivity contribution in [1.29, 1.82) is 0 Å². The second-order valence-electron chi connectivity index (χ2n) is 5.60. The first-order chi connectivity index (χ1) is 11.5. The van der Waals surface area contributed by atoms with Crippen LogP contribution in [0.15, 0.2) is 24.3 Å². The van der Waals surface area contributed by atoms with Crippen molar-refractivity contribution in [2.45, 2.75) is 0 Å². The summed E-state index contributed by atoms with van der Waals surface area (Å²) in [6, 6.07) is 7.04. The summed E-state index contributed by atoms with van der Waals surface area (Å²) in [6.45, 7) is 2.11. The molecule has 6 nitrogen and oxygen atoms in total. The van der Waals surface area contributed by atoms with Crippen molar-refractivity contribution >= 4 is 35.5 Å². The molecule has 1 aromatic heterocycles. The minimum Gasteiger partial charge on any atom is -0.342 e. The first-order valence-electron chi connectivity index (χ1n) is 7.47. The van der Waals surface area contributed by atoms with Crippen molar-refractivity contribution in [2.24, 2.45) is 7.05 Å². The molecule has 0 atom stereocenters. The molecule has 0 N–H and O–H groups in total. The number of halogens is 2. The number of rotatable bonds is 3. The van der Waals surface area contributed by atoms with Crippen molar-refractivity contribution in [3.8, 4) is 11.3 Å². The zero-order chi connectivity index (χ0) is 17.3. The topological polar surface area (TPSA) is 58.4 Å². The number of hydrogen-bond acceptors (Lipinski definition) is 3. The Hall–Kier alpha value is -2.05. The van der Waals surface area contributed by atoms with Gasteiger partial charge in [-0.05, 0) is 18.2 Å². The Labute approximate surface area is 149 Å². The van der Waals surface area contributed by atoms with Gasteiger partial charge in [-0.2, -0.15) is 5.10 Å². The zero-order valence-corrected chi connectivity index (χ0v) is 14.6. The first kappa shape index (κ1) is 16.8. The summed E-state index contributed by atoms with van der Waals surface area (Å²) < 4.78 is 1.65. The highest BCUT2D eigenvalue weighted by Crippen LogP contribution is 2.28. The van der Waals surface area contributed by atoms with Crippen molar-refractivity contribution in [1.82, 2.24) is 19.6 Å². The third-order valence-corrected chi connectivity index (χ3v) is 4.80. The largest absolute Gasteiger partial charge is 0.342 e. The van der Waals surface area contributed by atoms with Gasteiger partial charge in [0.15, 0.2) is 5.69 Å². The third-order valence-electron chi connectivity index (χ3n) is 4.06. The Morgan fingerprint density at radius 1 is 1.12 bits per heavy atom. The van der Waals surface area contributed by atoms with Gasteiger partial charge in [-0.1, -0.05) is 29.3 Å². The normalized spacial score (nSPS) is 14.8. The van der Waals surface area contributed by atoms with Crippen LogP contribution in [0.2, 0.25) is 10.0 Å². The van der Waals surface area contributed by atoms with Gasteiger partial charge in [-0.15, -0.1) is 0 Å². The van der Waals surface area contributed by atoms with E-state index in [-0.39, 0.29) is 5.91 Å². The van der Waals surface area contributed by atoms with E-state index in [2.05, 4.69) is 5.10 Å². The summed E-state index contributed by atoms with van der Waals surface area (Å²) >= 11 is 12.0. The van der Waals surface area contributed by atoms with Crippen LogP contribution in [0.5, 0.6) is 0 Å². The lowest BCUT2D eigenvalue weighted by Crippen LogP contribution is -2.48. The number of hydrogen-bond donors (Lipinski definition) is 0.